The summed E-state index contributed by atoms with van der Waals surface area (Å²) in [5.41, 5.74) is 2.49. The summed E-state index contributed by atoms with van der Waals surface area (Å²) in [6.07, 6.45) is -3.40. The van der Waals surface area contributed by atoms with E-state index in [9.17, 15) is 23.9 Å². The van der Waals surface area contributed by atoms with Gasteiger partial charge in [-0.2, -0.15) is 0 Å². The Morgan fingerprint density at radius 3 is 2.27 bits per heavy atom. The molecule has 2 atom stereocenters. The van der Waals surface area contributed by atoms with Crippen LogP contribution in [0.3, 0.4) is 0 Å². The van der Waals surface area contributed by atoms with Gasteiger partial charge in [0.05, 0.1) is 28.9 Å². The Hall–Kier alpha value is -3.75. The monoisotopic (exact) mass is 527 g/mol. The number of aliphatic hydroxyl groups is 1. The van der Waals surface area contributed by atoms with Crippen LogP contribution in [0.25, 0.3) is 0 Å². The highest BCUT2D eigenvalue weighted by Crippen LogP contribution is 2.34. The maximum Gasteiger partial charge on any atom is 0.422 e. The van der Waals surface area contributed by atoms with Crippen LogP contribution in [-0.2, 0) is 14.3 Å². The second-order valence-corrected chi connectivity index (χ2v) is 8.98. The number of benzene rings is 3. The third-order valence-corrected chi connectivity index (χ3v) is 5.77. The molecule has 2 unspecified atom stereocenters. The summed E-state index contributed by atoms with van der Waals surface area (Å²) >= 11 is 6.50. The average Bonchev–Trinajstić information content (AvgIpc) is 2.80. The molecule has 194 valence electrons. The minimum absolute atomic E-state index is 0.0970. The molecule has 7 nitrogen and oxygen atoms in total. The Balaban J connectivity index is 1.96. The molecular formula is C28H27ClFNO6. The van der Waals surface area contributed by atoms with Gasteiger partial charge in [0.2, 0.25) is 6.29 Å². The van der Waals surface area contributed by atoms with Gasteiger partial charge in [0.15, 0.2) is 5.78 Å². The Morgan fingerprint density at radius 1 is 0.946 bits per heavy atom. The normalized spacial score (nSPS) is 12.4. The van der Waals surface area contributed by atoms with Crippen LogP contribution in [-0.4, -0.2) is 35.3 Å². The number of aryl methyl sites for hydroxylation is 2. The summed E-state index contributed by atoms with van der Waals surface area (Å²) in [5, 5.41) is 9.44. The lowest BCUT2D eigenvalue weighted by Crippen LogP contribution is -2.32. The van der Waals surface area contributed by atoms with Crippen molar-refractivity contribution in [2.75, 3.05) is 4.90 Å². The van der Waals surface area contributed by atoms with Gasteiger partial charge in [0.25, 0.3) is 0 Å². The fourth-order valence-electron chi connectivity index (χ4n) is 3.71. The number of hydrogen-bond acceptors (Lipinski definition) is 6. The van der Waals surface area contributed by atoms with Gasteiger partial charge >= 0.3 is 12.1 Å². The average molecular weight is 528 g/mol. The lowest BCUT2D eigenvalue weighted by Gasteiger charge is -2.26. The van der Waals surface area contributed by atoms with Crippen molar-refractivity contribution in [3.8, 4) is 0 Å². The largest absolute Gasteiger partial charge is 0.425 e. The van der Waals surface area contributed by atoms with Crippen molar-refractivity contribution in [3.63, 3.8) is 0 Å². The molecule has 3 rings (SSSR count). The molecule has 37 heavy (non-hydrogen) atoms. The van der Waals surface area contributed by atoms with Crippen molar-refractivity contribution in [1.82, 2.24) is 0 Å². The fourth-order valence-corrected chi connectivity index (χ4v) is 3.97. The molecule has 0 bridgehead atoms. The van der Waals surface area contributed by atoms with E-state index < -0.39 is 30.3 Å². The van der Waals surface area contributed by atoms with Crippen LogP contribution in [0, 0.1) is 19.7 Å². The molecule has 0 fully saturated rings. The Morgan fingerprint density at radius 2 is 1.65 bits per heavy atom. The van der Waals surface area contributed by atoms with Gasteiger partial charge in [0, 0.05) is 18.1 Å². The van der Waals surface area contributed by atoms with Crippen molar-refractivity contribution in [3.05, 3.63) is 93.8 Å². The molecule has 0 saturated carbocycles. The zero-order valence-corrected chi connectivity index (χ0v) is 21.6. The van der Waals surface area contributed by atoms with Crippen molar-refractivity contribution in [2.24, 2.45) is 0 Å². The lowest BCUT2D eigenvalue weighted by molar-refractivity contribution is -0.166. The van der Waals surface area contributed by atoms with Gasteiger partial charge in [0.1, 0.15) is 5.82 Å². The Kier molecular flexibility index (Phi) is 9.02. The van der Waals surface area contributed by atoms with E-state index in [0.717, 1.165) is 10.5 Å². The molecule has 0 aliphatic rings. The smallest absolute Gasteiger partial charge is 0.422 e. The van der Waals surface area contributed by atoms with Crippen molar-refractivity contribution < 1.29 is 33.4 Å². The van der Waals surface area contributed by atoms with Gasteiger partial charge in [-0.3, -0.25) is 9.59 Å². The third kappa shape index (κ3) is 6.93. The molecule has 0 aromatic heterocycles. The van der Waals surface area contributed by atoms with Gasteiger partial charge in [-0.15, -0.1) is 0 Å². The molecular weight excluding hydrogens is 501 g/mol. The number of hydrogen-bond donors (Lipinski definition) is 1. The van der Waals surface area contributed by atoms with E-state index in [0.29, 0.717) is 16.8 Å². The molecule has 1 amide bonds. The molecule has 0 aliphatic carbocycles. The molecule has 1 N–H and O–H groups in total. The van der Waals surface area contributed by atoms with Crippen molar-refractivity contribution in [2.45, 2.75) is 46.5 Å². The van der Waals surface area contributed by atoms with Crippen LogP contribution in [0.15, 0.2) is 60.7 Å². The fraction of sp³-hybridized carbons (Fsp3) is 0.250. The summed E-state index contributed by atoms with van der Waals surface area (Å²) in [4.78, 5) is 39.3. The summed E-state index contributed by atoms with van der Waals surface area (Å²) < 4.78 is 24.2. The first-order chi connectivity index (χ1) is 17.5. The van der Waals surface area contributed by atoms with Crippen LogP contribution in [0.4, 0.5) is 20.6 Å². The SMILES string of the molecule is Cc1ccccc1C(=O)c1ccc(N(C(=O)OC(C)OC(=O)CC(C)O)c2ccc(F)cc2C)cc1Cl. The third-order valence-electron chi connectivity index (χ3n) is 5.45. The Labute approximate surface area is 219 Å². The molecule has 0 saturated heterocycles. The predicted octanol–water partition coefficient (Wildman–Crippen LogP) is 6.26. The minimum atomic E-state index is -1.28. The summed E-state index contributed by atoms with van der Waals surface area (Å²) in [7, 11) is 0. The van der Waals surface area contributed by atoms with Crippen LogP contribution in [0.1, 0.15) is 47.3 Å². The number of carbonyl (C=O) groups is 3. The van der Waals surface area contributed by atoms with E-state index in [1.165, 1.54) is 50.2 Å². The highest BCUT2D eigenvalue weighted by molar-refractivity contribution is 6.35. The van der Waals surface area contributed by atoms with Crippen LogP contribution in [0.2, 0.25) is 5.02 Å². The van der Waals surface area contributed by atoms with Crippen LogP contribution < -0.4 is 4.90 Å². The second kappa shape index (κ2) is 12.0. The number of amides is 1. The number of carbonyl (C=O) groups excluding carboxylic acids is 3. The van der Waals surface area contributed by atoms with E-state index in [-0.39, 0.29) is 28.5 Å². The van der Waals surface area contributed by atoms with E-state index >= 15 is 0 Å². The summed E-state index contributed by atoms with van der Waals surface area (Å²) in [5.74, 6) is -1.52. The number of anilines is 2. The first kappa shape index (κ1) is 27.8. The first-order valence-corrected chi connectivity index (χ1v) is 11.9. The standard InChI is InChI=1S/C28H27ClFNO6/c1-16-7-5-6-8-22(16)27(34)23-11-10-21(15-24(23)29)31(25-12-9-20(30)13-17(25)2)28(35)37-19(4)36-26(33)14-18(3)32/h5-13,15,18-19,32H,14H2,1-4H3. The first-order valence-electron chi connectivity index (χ1n) is 11.5. The molecule has 0 aliphatic heterocycles. The van der Waals surface area contributed by atoms with E-state index in [4.69, 9.17) is 21.1 Å². The number of ether oxygens (including phenoxy) is 2. The quantitative estimate of drug-likeness (QED) is 0.211. The number of halogens is 2. The minimum Gasteiger partial charge on any atom is -0.425 e. The highest BCUT2D eigenvalue weighted by Gasteiger charge is 2.26. The Bertz CT molecular complexity index is 1330. The molecule has 3 aromatic carbocycles. The zero-order chi connectivity index (χ0) is 27.3. The number of ketones is 1. The van der Waals surface area contributed by atoms with Gasteiger partial charge < -0.3 is 14.6 Å². The topological polar surface area (TPSA) is 93.1 Å². The molecule has 9 heteroatoms. The van der Waals surface area contributed by atoms with Gasteiger partial charge in [-0.05, 0) is 68.3 Å². The van der Waals surface area contributed by atoms with Gasteiger partial charge in [-0.1, -0.05) is 35.9 Å². The second-order valence-electron chi connectivity index (χ2n) is 8.57. The maximum atomic E-state index is 13.8. The molecule has 0 radical (unpaired) electrons. The number of esters is 1. The van der Waals surface area contributed by atoms with E-state index in [1.54, 1.807) is 19.1 Å². The summed E-state index contributed by atoms with van der Waals surface area (Å²) in [6, 6.07) is 15.4. The van der Waals surface area contributed by atoms with Crippen LogP contribution >= 0.6 is 11.6 Å². The maximum absolute atomic E-state index is 13.8. The lowest BCUT2D eigenvalue weighted by atomic mass is 9.99. The van der Waals surface area contributed by atoms with Crippen LogP contribution in [0.5, 0.6) is 0 Å². The van der Waals surface area contributed by atoms with E-state index in [1.807, 2.05) is 19.1 Å². The molecule has 0 spiro atoms. The van der Waals surface area contributed by atoms with E-state index in [2.05, 4.69) is 0 Å². The predicted molar refractivity (Wildman–Crippen MR) is 138 cm³/mol. The number of nitrogens with zero attached hydrogens (tertiary/aromatic N) is 1. The number of aliphatic hydroxyl groups excluding tert-OH is 1. The van der Waals surface area contributed by atoms with Crippen molar-refractivity contribution in [1.29, 1.82) is 0 Å². The van der Waals surface area contributed by atoms with Gasteiger partial charge in [-0.25, -0.2) is 14.1 Å². The van der Waals surface area contributed by atoms with Crippen molar-refractivity contribution >= 4 is 40.8 Å². The zero-order valence-electron chi connectivity index (χ0n) is 20.8. The molecule has 0 heterocycles. The summed E-state index contributed by atoms with van der Waals surface area (Å²) in [6.45, 7) is 6.21. The highest BCUT2D eigenvalue weighted by atomic mass is 35.5. The number of rotatable bonds is 8. The molecule has 3 aromatic rings.